The third kappa shape index (κ3) is 4.49. The summed E-state index contributed by atoms with van der Waals surface area (Å²) in [5, 5.41) is 2.53. The molecule has 5 heteroatoms. The van der Waals surface area contributed by atoms with Crippen molar-refractivity contribution in [3.8, 4) is 5.75 Å². The maximum absolute atomic E-state index is 5.68. The number of ether oxygens (including phenoxy) is 1. The van der Waals surface area contributed by atoms with Gasteiger partial charge in [0, 0.05) is 65.5 Å². The molecule has 0 amide bonds. The first-order chi connectivity index (χ1) is 16.1. The number of nitrogens with one attached hydrogen (secondary N) is 1. The Hall–Kier alpha value is -3.60. The van der Waals surface area contributed by atoms with Crippen LogP contribution in [0.1, 0.15) is 41.7 Å². The average Bonchev–Trinajstić information content (AvgIpc) is 3.38. The molecule has 0 bridgehead atoms. The van der Waals surface area contributed by atoms with Gasteiger partial charge in [-0.3, -0.25) is 0 Å². The van der Waals surface area contributed by atoms with E-state index in [2.05, 4.69) is 78.4 Å². The summed E-state index contributed by atoms with van der Waals surface area (Å²) in [7, 11) is 2.09. The van der Waals surface area contributed by atoms with Crippen LogP contribution in [-0.4, -0.2) is 26.1 Å². The number of hydrogen-bond donors (Lipinski definition) is 1. The highest BCUT2D eigenvalue weighted by Crippen LogP contribution is 2.25. The van der Waals surface area contributed by atoms with Crippen LogP contribution < -0.4 is 4.74 Å². The van der Waals surface area contributed by atoms with Crippen LogP contribution in [0.3, 0.4) is 0 Å². The number of fused-ring (bicyclic) bond motifs is 2. The summed E-state index contributed by atoms with van der Waals surface area (Å²) >= 11 is 0. The highest BCUT2D eigenvalue weighted by molar-refractivity contribution is 5.85. The van der Waals surface area contributed by atoms with Gasteiger partial charge in [0.25, 0.3) is 0 Å². The highest BCUT2D eigenvalue weighted by Gasteiger charge is 2.10. The third-order valence-electron chi connectivity index (χ3n) is 6.24. The second-order valence-electron chi connectivity index (χ2n) is 8.68. The largest absolute Gasteiger partial charge is 0.494 e. The number of H-pyrrole nitrogens is 1. The van der Waals surface area contributed by atoms with Crippen molar-refractivity contribution in [1.29, 1.82) is 0 Å². The van der Waals surface area contributed by atoms with Gasteiger partial charge in [0.05, 0.1) is 6.61 Å². The summed E-state index contributed by atoms with van der Waals surface area (Å²) in [4.78, 5) is 13.0. The summed E-state index contributed by atoms with van der Waals surface area (Å²) in [5.41, 5.74) is 7.14. The molecule has 0 aliphatic carbocycles. The molecule has 33 heavy (non-hydrogen) atoms. The average molecular weight is 439 g/mol. The van der Waals surface area contributed by atoms with Crippen LogP contribution in [0.2, 0.25) is 0 Å². The summed E-state index contributed by atoms with van der Waals surface area (Å²) in [6.07, 6.45) is 7.90. The summed E-state index contributed by atoms with van der Waals surface area (Å²) in [5.74, 6) is 1.85. The van der Waals surface area contributed by atoms with Crippen LogP contribution in [0, 0.1) is 6.92 Å². The first-order valence-electron chi connectivity index (χ1n) is 11.7. The molecule has 0 atom stereocenters. The number of rotatable bonds is 8. The SMILES string of the molecule is CCOc1ccc2[nH]cc(CCCc3nc(C)cc(Cc4cccc5c4ccn5C)n3)c2c1. The summed E-state index contributed by atoms with van der Waals surface area (Å²) in [6, 6.07) is 17.0. The molecule has 3 aromatic heterocycles. The lowest BCUT2D eigenvalue weighted by atomic mass is 10.0. The van der Waals surface area contributed by atoms with E-state index in [-0.39, 0.29) is 0 Å². The lowest BCUT2D eigenvalue weighted by molar-refractivity contribution is 0.340. The van der Waals surface area contributed by atoms with Gasteiger partial charge in [0.1, 0.15) is 11.6 Å². The van der Waals surface area contributed by atoms with Gasteiger partial charge in [0.2, 0.25) is 0 Å². The number of nitrogens with zero attached hydrogens (tertiary/aromatic N) is 3. The highest BCUT2D eigenvalue weighted by atomic mass is 16.5. The molecule has 3 heterocycles. The molecule has 0 saturated heterocycles. The fourth-order valence-electron chi connectivity index (χ4n) is 4.68. The van der Waals surface area contributed by atoms with Gasteiger partial charge in [-0.2, -0.15) is 0 Å². The molecular formula is C28H30N4O. The van der Waals surface area contributed by atoms with Crippen molar-refractivity contribution in [3.63, 3.8) is 0 Å². The second-order valence-corrected chi connectivity index (χ2v) is 8.68. The van der Waals surface area contributed by atoms with E-state index in [4.69, 9.17) is 14.7 Å². The fraction of sp³-hybridized carbons (Fsp3) is 0.286. The van der Waals surface area contributed by atoms with E-state index >= 15 is 0 Å². The molecule has 5 nitrogen and oxygen atoms in total. The lowest BCUT2D eigenvalue weighted by Crippen LogP contribution is -2.03. The maximum Gasteiger partial charge on any atom is 0.128 e. The molecule has 0 radical (unpaired) electrons. The quantitative estimate of drug-likeness (QED) is 0.327. The minimum Gasteiger partial charge on any atom is -0.494 e. The molecule has 5 rings (SSSR count). The van der Waals surface area contributed by atoms with E-state index in [0.717, 1.165) is 54.2 Å². The number of aromatic nitrogens is 4. The van der Waals surface area contributed by atoms with Gasteiger partial charge in [-0.25, -0.2) is 9.97 Å². The van der Waals surface area contributed by atoms with Crippen molar-refractivity contribution in [2.24, 2.45) is 7.05 Å². The van der Waals surface area contributed by atoms with Crippen molar-refractivity contribution in [2.45, 2.75) is 39.5 Å². The van der Waals surface area contributed by atoms with Crippen LogP contribution in [0.25, 0.3) is 21.8 Å². The molecule has 2 aromatic carbocycles. The van der Waals surface area contributed by atoms with Gasteiger partial charge >= 0.3 is 0 Å². The van der Waals surface area contributed by atoms with Crippen LogP contribution in [-0.2, 0) is 26.3 Å². The van der Waals surface area contributed by atoms with Gasteiger partial charge in [0.15, 0.2) is 0 Å². The van der Waals surface area contributed by atoms with Crippen LogP contribution >= 0.6 is 0 Å². The Morgan fingerprint density at radius 3 is 2.76 bits per heavy atom. The predicted molar refractivity (Wildman–Crippen MR) is 134 cm³/mol. The monoisotopic (exact) mass is 438 g/mol. The van der Waals surface area contributed by atoms with Gasteiger partial charge in [-0.1, -0.05) is 12.1 Å². The molecule has 0 aliphatic heterocycles. The normalized spacial score (nSPS) is 11.5. The van der Waals surface area contributed by atoms with Crippen molar-refractivity contribution < 1.29 is 4.74 Å². The van der Waals surface area contributed by atoms with Gasteiger partial charge in [-0.15, -0.1) is 0 Å². The predicted octanol–water partition coefficient (Wildman–Crippen LogP) is 5.92. The molecule has 5 aromatic rings. The Labute approximate surface area is 194 Å². The smallest absolute Gasteiger partial charge is 0.128 e. The van der Waals surface area contributed by atoms with Crippen LogP contribution in [0.5, 0.6) is 5.75 Å². The zero-order chi connectivity index (χ0) is 22.8. The molecule has 1 N–H and O–H groups in total. The van der Waals surface area contributed by atoms with Crippen LogP contribution in [0.15, 0.2) is 60.9 Å². The molecule has 0 fully saturated rings. The molecule has 168 valence electrons. The zero-order valence-corrected chi connectivity index (χ0v) is 19.6. The first kappa shape index (κ1) is 21.3. The van der Waals surface area contributed by atoms with Crippen molar-refractivity contribution >= 4 is 21.8 Å². The Kier molecular flexibility index (Phi) is 5.86. The molecule has 0 aliphatic rings. The standard InChI is InChI=1S/C28H30N4O/c1-4-33-23-11-12-26-25(17-23)21(18-29-26)8-6-10-28-30-19(2)15-22(31-28)16-20-7-5-9-27-24(20)13-14-32(27)3/h5,7,9,11-15,17-18,29H,4,6,8,10,16H2,1-3H3. The van der Waals surface area contributed by atoms with E-state index in [9.17, 15) is 0 Å². The summed E-state index contributed by atoms with van der Waals surface area (Å²) < 4.78 is 7.84. The van der Waals surface area contributed by atoms with E-state index in [1.54, 1.807) is 0 Å². The minimum absolute atomic E-state index is 0.678. The number of benzene rings is 2. The second kappa shape index (κ2) is 9.10. The fourth-order valence-corrected chi connectivity index (χ4v) is 4.68. The van der Waals surface area contributed by atoms with Crippen molar-refractivity contribution in [3.05, 3.63) is 89.3 Å². The van der Waals surface area contributed by atoms with Gasteiger partial charge < -0.3 is 14.3 Å². The van der Waals surface area contributed by atoms with E-state index in [1.807, 2.05) is 13.0 Å². The Bertz CT molecular complexity index is 1410. The van der Waals surface area contributed by atoms with Crippen LogP contribution in [0.4, 0.5) is 0 Å². The Morgan fingerprint density at radius 1 is 0.970 bits per heavy atom. The molecule has 0 unspecified atom stereocenters. The van der Waals surface area contributed by atoms with Crippen molar-refractivity contribution in [2.75, 3.05) is 6.61 Å². The first-order valence-corrected chi connectivity index (χ1v) is 11.7. The number of aromatic amines is 1. The molecule has 0 saturated carbocycles. The van der Waals surface area contributed by atoms with Gasteiger partial charge in [-0.05, 0) is 74.2 Å². The topological polar surface area (TPSA) is 55.7 Å². The van der Waals surface area contributed by atoms with E-state index in [1.165, 1.54) is 27.4 Å². The molecular weight excluding hydrogens is 408 g/mol. The zero-order valence-electron chi connectivity index (χ0n) is 19.6. The maximum atomic E-state index is 5.68. The number of aryl methyl sites for hydroxylation is 4. The Balaban J connectivity index is 1.30. The third-order valence-corrected chi connectivity index (χ3v) is 6.24. The lowest BCUT2D eigenvalue weighted by Gasteiger charge is -2.08. The molecule has 0 spiro atoms. The number of hydrogen-bond acceptors (Lipinski definition) is 3. The minimum atomic E-state index is 0.678. The Morgan fingerprint density at radius 2 is 1.88 bits per heavy atom. The van der Waals surface area contributed by atoms with E-state index < -0.39 is 0 Å². The van der Waals surface area contributed by atoms with E-state index in [0.29, 0.717) is 6.61 Å². The summed E-state index contributed by atoms with van der Waals surface area (Å²) in [6.45, 7) is 4.75. The van der Waals surface area contributed by atoms with Crippen molar-refractivity contribution in [1.82, 2.24) is 19.5 Å².